The molecule has 0 bridgehead atoms. The quantitative estimate of drug-likeness (QED) is 0.592. The van der Waals surface area contributed by atoms with E-state index in [1.807, 2.05) is 30.3 Å². The third kappa shape index (κ3) is 1.31. The highest BCUT2D eigenvalue weighted by atomic mass is 35.5. The predicted molar refractivity (Wildman–Crippen MR) is 63.9 cm³/mol. The van der Waals surface area contributed by atoms with Crippen LogP contribution in [0.5, 0.6) is 0 Å². The first kappa shape index (κ1) is 9.43. The highest BCUT2D eigenvalue weighted by molar-refractivity contribution is 6.67. The molecule has 0 aliphatic rings. The van der Waals surface area contributed by atoms with Gasteiger partial charge in [0.2, 0.25) is 0 Å². The number of hydrogen-bond acceptors (Lipinski definition) is 2. The monoisotopic (exact) mass is 230 g/mol. The molecule has 0 N–H and O–H groups in total. The fourth-order valence-corrected chi connectivity index (χ4v) is 1.97. The molecule has 0 saturated carbocycles. The van der Waals surface area contributed by atoms with Crippen LogP contribution in [0, 0.1) is 0 Å². The summed E-state index contributed by atoms with van der Waals surface area (Å²) >= 11 is 5.42. The third-order valence-electron chi connectivity index (χ3n) is 2.61. The van der Waals surface area contributed by atoms with Gasteiger partial charge in [0, 0.05) is 16.3 Å². The Balaban J connectivity index is 2.41. The van der Waals surface area contributed by atoms with E-state index in [1.165, 1.54) is 0 Å². The molecule has 3 aromatic rings. The topological polar surface area (TPSA) is 30.2 Å². The molecule has 3 rings (SSSR count). The predicted octanol–water partition coefficient (Wildman–Crippen LogP) is 3.97. The molecule has 78 valence electrons. The Morgan fingerprint density at radius 1 is 1.00 bits per heavy atom. The van der Waals surface area contributed by atoms with Crippen molar-refractivity contribution in [1.29, 1.82) is 0 Å². The van der Waals surface area contributed by atoms with Gasteiger partial charge in [-0.25, -0.2) is 0 Å². The Morgan fingerprint density at radius 3 is 2.56 bits per heavy atom. The fourth-order valence-electron chi connectivity index (χ4n) is 1.85. The molecular weight excluding hydrogens is 224 g/mol. The second kappa shape index (κ2) is 3.35. The normalized spacial score (nSPS) is 11.1. The summed E-state index contributed by atoms with van der Waals surface area (Å²) in [5.74, 6) is 0. The van der Waals surface area contributed by atoms with E-state index in [-0.39, 0.29) is 0 Å². The van der Waals surface area contributed by atoms with Crippen LogP contribution in [-0.4, -0.2) is 5.24 Å². The lowest BCUT2D eigenvalue weighted by Gasteiger charge is -1.92. The molecule has 0 amide bonds. The van der Waals surface area contributed by atoms with E-state index in [1.54, 1.807) is 12.1 Å². The Bertz CT molecular complexity index is 697. The van der Waals surface area contributed by atoms with Gasteiger partial charge in [0.1, 0.15) is 11.2 Å². The molecule has 16 heavy (non-hydrogen) atoms. The van der Waals surface area contributed by atoms with Crippen molar-refractivity contribution >= 4 is 38.8 Å². The summed E-state index contributed by atoms with van der Waals surface area (Å²) in [5.41, 5.74) is 1.96. The van der Waals surface area contributed by atoms with Gasteiger partial charge in [0.25, 0.3) is 5.24 Å². The second-order valence-electron chi connectivity index (χ2n) is 3.58. The van der Waals surface area contributed by atoms with Gasteiger partial charge in [-0.2, -0.15) is 0 Å². The summed E-state index contributed by atoms with van der Waals surface area (Å²) < 4.78 is 5.63. The molecule has 0 saturated heterocycles. The molecule has 0 fully saturated rings. The van der Waals surface area contributed by atoms with Crippen LogP contribution >= 0.6 is 11.6 Å². The largest absolute Gasteiger partial charge is 0.456 e. The summed E-state index contributed by atoms with van der Waals surface area (Å²) in [5, 5.41) is 1.57. The van der Waals surface area contributed by atoms with E-state index < -0.39 is 5.24 Å². The first-order valence-electron chi connectivity index (χ1n) is 4.87. The molecule has 1 heterocycles. The Morgan fingerprint density at radius 2 is 1.75 bits per heavy atom. The minimum atomic E-state index is -0.470. The molecule has 0 aliphatic heterocycles. The molecule has 1 aromatic heterocycles. The number of halogens is 1. The number of para-hydroxylation sites is 1. The van der Waals surface area contributed by atoms with Gasteiger partial charge >= 0.3 is 0 Å². The fraction of sp³-hybridized carbons (Fsp3) is 0. The standard InChI is InChI=1S/C13H7ClO2/c14-13(15)8-5-6-10-9-3-1-2-4-11(9)16-12(10)7-8/h1-7H. The summed E-state index contributed by atoms with van der Waals surface area (Å²) in [4.78, 5) is 11.0. The van der Waals surface area contributed by atoms with Crippen molar-refractivity contribution < 1.29 is 9.21 Å². The number of rotatable bonds is 1. The van der Waals surface area contributed by atoms with Crippen LogP contribution < -0.4 is 0 Å². The molecule has 0 radical (unpaired) electrons. The van der Waals surface area contributed by atoms with Gasteiger partial charge in [-0.1, -0.05) is 18.2 Å². The molecular formula is C13H7ClO2. The van der Waals surface area contributed by atoms with Crippen LogP contribution in [0.4, 0.5) is 0 Å². The van der Waals surface area contributed by atoms with Gasteiger partial charge < -0.3 is 4.42 Å². The third-order valence-corrected chi connectivity index (χ3v) is 2.82. The maximum Gasteiger partial charge on any atom is 0.252 e. The van der Waals surface area contributed by atoms with Crippen LogP contribution in [0.3, 0.4) is 0 Å². The van der Waals surface area contributed by atoms with Crippen LogP contribution in [0.25, 0.3) is 21.9 Å². The summed E-state index contributed by atoms with van der Waals surface area (Å²) in [7, 11) is 0. The number of carbonyl (C=O) groups excluding carboxylic acids is 1. The number of hydrogen-bond donors (Lipinski definition) is 0. The van der Waals surface area contributed by atoms with Crippen molar-refractivity contribution in [2.24, 2.45) is 0 Å². The van der Waals surface area contributed by atoms with E-state index in [0.717, 1.165) is 16.4 Å². The van der Waals surface area contributed by atoms with Crippen molar-refractivity contribution in [2.75, 3.05) is 0 Å². The number of benzene rings is 2. The zero-order valence-electron chi connectivity index (χ0n) is 8.24. The van der Waals surface area contributed by atoms with Gasteiger partial charge in [-0.05, 0) is 35.9 Å². The smallest absolute Gasteiger partial charge is 0.252 e. The lowest BCUT2D eigenvalue weighted by Crippen LogP contribution is -1.86. The van der Waals surface area contributed by atoms with Crippen molar-refractivity contribution in [3.63, 3.8) is 0 Å². The van der Waals surface area contributed by atoms with Crippen LogP contribution in [0.15, 0.2) is 46.9 Å². The number of furan rings is 1. The summed E-state index contributed by atoms with van der Waals surface area (Å²) in [6, 6.07) is 13.0. The SMILES string of the molecule is O=C(Cl)c1ccc2c(c1)oc1ccccc12. The van der Waals surface area contributed by atoms with Crippen LogP contribution in [-0.2, 0) is 0 Å². The molecule has 0 unspecified atom stereocenters. The van der Waals surface area contributed by atoms with Crippen LogP contribution in [0.2, 0.25) is 0 Å². The van der Waals surface area contributed by atoms with Gasteiger partial charge in [-0.3, -0.25) is 4.79 Å². The molecule has 2 nitrogen and oxygen atoms in total. The minimum absolute atomic E-state index is 0.452. The lowest BCUT2D eigenvalue weighted by atomic mass is 10.1. The molecule has 2 aromatic carbocycles. The van der Waals surface area contributed by atoms with Crippen molar-refractivity contribution in [2.45, 2.75) is 0 Å². The van der Waals surface area contributed by atoms with E-state index in [2.05, 4.69) is 0 Å². The second-order valence-corrected chi connectivity index (χ2v) is 3.93. The zero-order valence-corrected chi connectivity index (χ0v) is 8.99. The van der Waals surface area contributed by atoms with E-state index in [9.17, 15) is 4.79 Å². The first-order chi connectivity index (χ1) is 7.75. The van der Waals surface area contributed by atoms with Crippen LogP contribution in [0.1, 0.15) is 10.4 Å². The maximum absolute atomic E-state index is 11.0. The molecule has 0 aliphatic carbocycles. The molecule has 0 atom stereocenters. The van der Waals surface area contributed by atoms with E-state index in [4.69, 9.17) is 16.0 Å². The zero-order chi connectivity index (χ0) is 11.1. The van der Waals surface area contributed by atoms with Gasteiger partial charge in [0.15, 0.2) is 0 Å². The van der Waals surface area contributed by atoms with Gasteiger partial charge in [-0.15, -0.1) is 0 Å². The highest BCUT2D eigenvalue weighted by Crippen LogP contribution is 2.29. The van der Waals surface area contributed by atoms with E-state index >= 15 is 0 Å². The van der Waals surface area contributed by atoms with Crippen molar-refractivity contribution in [3.8, 4) is 0 Å². The molecule has 0 spiro atoms. The Hall–Kier alpha value is -1.80. The highest BCUT2D eigenvalue weighted by Gasteiger charge is 2.08. The van der Waals surface area contributed by atoms with E-state index in [0.29, 0.717) is 11.1 Å². The lowest BCUT2D eigenvalue weighted by molar-refractivity contribution is 0.108. The minimum Gasteiger partial charge on any atom is -0.456 e. The number of carbonyl (C=O) groups is 1. The summed E-state index contributed by atoms with van der Waals surface area (Å²) in [6.45, 7) is 0. The summed E-state index contributed by atoms with van der Waals surface area (Å²) in [6.07, 6.45) is 0. The Kier molecular flexibility index (Phi) is 1.98. The molecule has 3 heteroatoms. The maximum atomic E-state index is 11.0. The van der Waals surface area contributed by atoms with Gasteiger partial charge in [0.05, 0.1) is 0 Å². The average Bonchev–Trinajstić information content (AvgIpc) is 2.66. The first-order valence-corrected chi connectivity index (χ1v) is 5.24. The average molecular weight is 231 g/mol. The number of fused-ring (bicyclic) bond motifs is 3. The van der Waals surface area contributed by atoms with Crippen molar-refractivity contribution in [3.05, 3.63) is 48.0 Å². The van der Waals surface area contributed by atoms with Crippen molar-refractivity contribution in [1.82, 2.24) is 0 Å². The Labute approximate surface area is 96.4 Å².